The minimum atomic E-state index is -0.0922. The lowest BCUT2D eigenvalue weighted by Gasteiger charge is -2.13. The van der Waals surface area contributed by atoms with Crippen molar-refractivity contribution in [1.29, 1.82) is 0 Å². The number of benzene rings is 1. The van der Waals surface area contributed by atoms with E-state index in [1.165, 1.54) is 0 Å². The van der Waals surface area contributed by atoms with Crippen molar-refractivity contribution in [2.45, 2.75) is 26.2 Å². The lowest BCUT2D eigenvalue weighted by Crippen LogP contribution is -2.16. The molecule has 3 N–H and O–H groups in total. The maximum atomic E-state index is 9.32. The number of hydrogen-bond acceptors (Lipinski definition) is 4. The summed E-state index contributed by atoms with van der Waals surface area (Å²) < 4.78 is 7.20. The highest BCUT2D eigenvalue weighted by Crippen LogP contribution is 2.19. The Labute approximate surface area is 99.8 Å². The van der Waals surface area contributed by atoms with Crippen LogP contribution in [-0.2, 0) is 17.9 Å². The summed E-state index contributed by atoms with van der Waals surface area (Å²) in [4.78, 5) is 4.36. The van der Waals surface area contributed by atoms with Gasteiger partial charge in [-0.3, -0.25) is 0 Å². The molecule has 5 heteroatoms. The second kappa shape index (κ2) is 4.73. The zero-order chi connectivity index (χ0) is 12.4. The summed E-state index contributed by atoms with van der Waals surface area (Å²) in [6.45, 7) is 2.54. The number of nitrogens with zero attached hydrogens (tertiary/aromatic N) is 2. The molecule has 1 atom stereocenters. The van der Waals surface area contributed by atoms with Crippen LogP contribution >= 0.6 is 0 Å². The number of methoxy groups -OCH3 is 1. The molecule has 1 heterocycles. The SMILES string of the molecule is COC(C)Cn1c(CO)nc2cc(N)ccc21. The number of nitrogen functional groups attached to an aromatic ring is 1. The van der Waals surface area contributed by atoms with Crippen molar-refractivity contribution in [3.05, 3.63) is 24.0 Å². The molecule has 1 unspecified atom stereocenters. The molecule has 0 fully saturated rings. The number of fused-ring (bicyclic) bond motifs is 1. The molecule has 92 valence electrons. The van der Waals surface area contributed by atoms with Gasteiger partial charge in [-0.15, -0.1) is 0 Å². The minimum absolute atomic E-state index is 0.0650. The Morgan fingerprint density at radius 2 is 2.29 bits per heavy atom. The second-order valence-electron chi connectivity index (χ2n) is 4.09. The van der Waals surface area contributed by atoms with E-state index < -0.39 is 0 Å². The van der Waals surface area contributed by atoms with Gasteiger partial charge >= 0.3 is 0 Å². The molecule has 0 amide bonds. The number of nitrogens with two attached hydrogens (primary N) is 1. The Morgan fingerprint density at radius 3 is 2.94 bits per heavy atom. The van der Waals surface area contributed by atoms with Gasteiger partial charge in [-0.25, -0.2) is 4.98 Å². The summed E-state index contributed by atoms with van der Waals surface area (Å²) in [5, 5.41) is 9.32. The molecule has 0 aliphatic rings. The first-order valence-corrected chi connectivity index (χ1v) is 5.54. The van der Waals surface area contributed by atoms with E-state index in [4.69, 9.17) is 10.5 Å². The van der Waals surface area contributed by atoms with Gasteiger partial charge < -0.3 is 20.1 Å². The van der Waals surface area contributed by atoms with E-state index in [-0.39, 0.29) is 12.7 Å². The smallest absolute Gasteiger partial charge is 0.135 e. The molecule has 0 saturated carbocycles. The molecule has 0 saturated heterocycles. The van der Waals surface area contributed by atoms with Crippen LogP contribution < -0.4 is 5.73 Å². The van der Waals surface area contributed by atoms with Crippen molar-refractivity contribution < 1.29 is 9.84 Å². The minimum Gasteiger partial charge on any atom is -0.399 e. The predicted molar refractivity (Wildman–Crippen MR) is 66.5 cm³/mol. The van der Waals surface area contributed by atoms with E-state index in [1.807, 2.05) is 29.7 Å². The van der Waals surface area contributed by atoms with E-state index in [0.717, 1.165) is 11.0 Å². The molecule has 0 radical (unpaired) electrons. The average molecular weight is 235 g/mol. The van der Waals surface area contributed by atoms with Crippen molar-refractivity contribution in [3.63, 3.8) is 0 Å². The standard InChI is InChI=1S/C12H17N3O2/c1-8(17-2)6-15-11-4-3-9(13)5-10(11)14-12(15)7-16/h3-5,8,16H,6-7,13H2,1-2H3. The second-order valence-corrected chi connectivity index (χ2v) is 4.09. The lowest BCUT2D eigenvalue weighted by molar-refractivity contribution is 0.102. The first-order chi connectivity index (χ1) is 8.15. The fourth-order valence-electron chi connectivity index (χ4n) is 1.85. The number of aliphatic hydroxyl groups is 1. The molecular weight excluding hydrogens is 218 g/mol. The van der Waals surface area contributed by atoms with Gasteiger partial charge in [0.25, 0.3) is 0 Å². The third kappa shape index (κ3) is 2.25. The fraction of sp³-hybridized carbons (Fsp3) is 0.417. The van der Waals surface area contributed by atoms with Crippen LogP contribution in [0.15, 0.2) is 18.2 Å². The number of hydrogen-bond donors (Lipinski definition) is 2. The summed E-state index contributed by atoms with van der Waals surface area (Å²) in [6.07, 6.45) is 0.0650. The largest absolute Gasteiger partial charge is 0.399 e. The molecule has 0 aliphatic heterocycles. The maximum Gasteiger partial charge on any atom is 0.135 e. The van der Waals surface area contributed by atoms with Crippen molar-refractivity contribution in [3.8, 4) is 0 Å². The van der Waals surface area contributed by atoms with Crippen molar-refractivity contribution in [2.24, 2.45) is 0 Å². The van der Waals surface area contributed by atoms with Crippen LogP contribution in [0.25, 0.3) is 11.0 Å². The van der Waals surface area contributed by atoms with Crippen LogP contribution in [0.1, 0.15) is 12.7 Å². The third-order valence-electron chi connectivity index (χ3n) is 2.83. The summed E-state index contributed by atoms with van der Waals surface area (Å²) in [6, 6.07) is 5.56. The van der Waals surface area contributed by atoms with Crippen LogP contribution in [0.3, 0.4) is 0 Å². The van der Waals surface area contributed by atoms with Gasteiger partial charge in [0.05, 0.1) is 23.7 Å². The summed E-state index contributed by atoms with van der Waals surface area (Å²) >= 11 is 0. The molecule has 2 aromatic rings. The number of imidazole rings is 1. The Hall–Kier alpha value is -1.59. The zero-order valence-electron chi connectivity index (χ0n) is 10.1. The van der Waals surface area contributed by atoms with Crippen LogP contribution in [0.2, 0.25) is 0 Å². The molecule has 17 heavy (non-hydrogen) atoms. The van der Waals surface area contributed by atoms with Gasteiger partial charge in [0.1, 0.15) is 12.4 Å². The lowest BCUT2D eigenvalue weighted by atomic mass is 10.2. The Balaban J connectivity index is 2.50. The maximum absolute atomic E-state index is 9.32. The van der Waals surface area contributed by atoms with E-state index in [2.05, 4.69) is 4.98 Å². The van der Waals surface area contributed by atoms with Crippen molar-refractivity contribution >= 4 is 16.7 Å². The number of ether oxygens (including phenoxy) is 1. The summed E-state index contributed by atoms with van der Waals surface area (Å²) in [5.74, 6) is 0.634. The number of anilines is 1. The highest BCUT2D eigenvalue weighted by Gasteiger charge is 2.12. The normalized spacial score (nSPS) is 13.1. The molecule has 5 nitrogen and oxygen atoms in total. The molecule has 0 aliphatic carbocycles. The number of aliphatic hydroxyl groups excluding tert-OH is 1. The van der Waals surface area contributed by atoms with Gasteiger partial charge in [0, 0.05) is 12.8 Å². The Kier molecular flexibility index (Phi) is 3.31. The average Bonchev–Trinajstić information content (AvgIpc) is 2.66. The highest BCUT2D eigenvalue weighted by molar-refractivity contribution is 5.79. The van der Waals surface area contributed by atoms with Crippen LogP contribution in [0, 0.1) is 0 Å². The van der Waals surface area contributed by atoms with Crippen molar-refractivity contribution in [2.75, 3.05) is 12.8 Å². The first-order valence-electron chi connectivity index (χ1n) is 5.54. The van der Waals surface area contributed by atoms with Gasteiger partial charge in [-0.2, -0.15) is 0 Å². The monoisotopic (exact) mass is 235 g/mol. The summed E-state index contributed by atoms with van der Waals surface area (Å²) in [7, 11) is 1.67. The third-order valence-corrected chi connectivity index (χ3v) is 2.83. The van der Waals surface area contributed by atoms with E-state index >= 15 is 0 Å². The van der Waals surface area contributed by atoms with Crippen LogP contribution in [0.4, 0.5) is 5.69 Å². The van der Waals surface area contributed by atoms with E-state index in [1.54, 1.807) is 7.11 Å². The van der Waals surface area contributed by atoms with Crippen LogP contribution in [-0.4, -0.2) is 27.9 Å². The molecule has 2 rings (SSSR count). The first kappa shape index (κ1) is 11.9. The zero-order valence-corrected chi connectivity index (χ0v) is 10.1. The van der Waals surface area contributed by atoms with Gasteiger partial charge in [-0.05, 0) is 25.1 Å². The van der Waals surface area contributed by atoms with Gasteiger partial charge in [0.15, 0.2) is 0 Å². The van der Waals surface area contributed by atoms with Gasteiger partial charge in [-0.1, -0.05) is 0 Å². The van der Waals surface area contributed by atoms with Crippen LogP contribution in [0.5, 0.6) is 0 Å². The molecule has 0 spiro atoms. The molecular formula is C12H17N3O2. The highest BCUT2D eigenvalue weighted by atomic mass is 16.5. The summed E-state index contributed by atoms with van der Waals surface area (Å²) in [5.41, 5.74) is 8.16. The van der Waals surface area contributed by atoms with Gasteiger partial charge in [0.2, 0.25) is 0 Å². The van der Waals surface area contributed by atoms with E-state index in [0.29, 0.717) is 18.1 Å². The Morgan fingerprint density at radius 1 is 1.53 bits per heavy atom. The van der Waals surface area contributed by atoms with E-state index in [9.17, 15) is 5.11 Å². The quantitative estimate of drug-likeness (QED) is 0.779. The predicted octanol–water partition coefficient (Wildman–Crippen LogP) is 1.15. The van der Waals surface area contributed by atoms with Crippen molar-refractivity contribution in [1.82, 2.24) is 9.55 Å². The fourth-order valence-corrected chi connectivity index (χ4v) is 1.85. The molecule has 1 aromatic carbocycles. The number of aromatic nitrogens is 2. The molecule has 0 bridgehead atoms. The molecule has 1 aromatic heterocycles. The Bertz CT molecular complexity index is 522. The number of rotatable bonds is 4. The topological polar surface area (TPSA) is 73.3 Å².